The lowest BCUT2D eigenvalue weighted by Crippen LogP contribution is -2.44. The molecule has 0 amide bonds. The van der Waals surface area contributed by atoms with Gasteiger partial charge >= 0.3 is 0 Å². The van der Waals surface area contributed by atoms with Crippen molar-refractivity contribution in [1.82, 2.24) is 4.90 Å². The van der Waals surface area contributed by atoms with Gasteiger partial charge in [-0.25, -0.2) is 0 Å². The van der Waals surface area contributed by atoms with Crippen LogP contribution in [0.5, 0.6) is 0 Å². The first-order valence-electron chi connectivity index (χ1n) is 4.87. The van der Waals surface area contributed by atoms with Crippen LogP contribution in [0.1, 0.15) is 40.5 Å². The second-order valence-corrected chi connectivity index (χ2v) is 4.32. The van der Waals surface area contributed by atoms with Gasteiger partial charge < -0.3 is 0 Å². The van der Waals surface area contributed by atoms with E-state index in [1.165, 1.54) is 19.4 Å². The fourth-order valence-corrected chi connectivity index (χ4v) is 2.04. The van der Waals surface area contributed by atoms with Crippen LogP contribution >= 0.6 is 0 Å². The zero-order valence-electron chi connectivity index (χ0n) is 8.30. The maximum atomic E-state index is 2.62. The molecule has 0 saturated carbocycles. The molecule has 1 heterocycles. The zero-order valence-corrected chi connectivity index (χ0v) is 8.30. The van der Waals surface area contributed by atoms with Gasteiger partial charge in [-0.1, -0.05) is 6.92 Å². The van der Waals surface area contributed by atoms with E-state index in [1.54, 1.807) is 0 Å². The fourth-order valence-electron chi connectivity index (χ4n) is 2.04. The van der Waals surface area contributed by atoms with Crippen LogP contribution in [0.15, 0.2) is 0 Å². The second-order valence-electron chi connectivity index (χ2n) is 4.32. The second kappa shape index (κ2) is 3.57. The molecule has 1 aliphatic heterocycles. The standard InChI is InChI=1S/C10H21N/c1-8(2)11-7-9(3)5-6-10(11)4/h8-10H,5-7H2,1-4H3/t9-,10?/m1/s1. The summed E-state index contributed by atoms with van der Waals surface area (Å²) in [6, 6.07) is 1.54. The Morgan fingerprint density at radius 1 is 1.18 bits per heavy atom. The van der Waals surface area contributed by atoms with Crippen LogP contribution in [0.2, 0.25) is 0 Å². The van der Waals surface area contributed by atoms with Crippen molar-refractivity contribution in [1.29, 1.82) is 0 Å². The summed E-state index contributed by atoms with van der Waals surface area (Å²) < 4.78 is 0. The molecule has 1 rings (SSSR count). The van der Waals surface area contributed by atoms with Gasteiger partial charge in [0.05, 0.1) is 0 Å². The number of rotatable bonds is 1. The van der Waals surface area contributed by atoms with E-state index in [9.17, 15) is 0 Å². The Labute approximate surface area is 70.8 Å². The molecule has 1 unspecified atom stereocenters. The summed E-state index contributed by atoms with van der Waals surface area (Å²) in [6.45, 7) is 10.6. The van der Waals surface area contributed by atoms with Crippen molar-refractivity contribution >= 4 is 0 Å². The van der Waals surface area contributed by atoms with Crippen molar-refractivity contribution < 1.29 is 0 Å². The molecule has 0 bridgehead atoms. The third-order valence-corrected chi connectivity index (χ3v) is 2.83. The van der Waals surface area contributed by atoms with Gasteiger partial charge in [-0.05, 0) is 39.5 Å². The molecule has 1 aliphatic rings. The normalized spacial score (nSPS) is 34.6. The summed E-state index contributed by atoms with van der Waals surface area (Å²) in [7, 11) is 0. The molecular formula is C10H21N. The molecule has 0 radical (unpaired) electrons. The van der Waals surface area contributed by atoms with Crippen molar-refractivity contribution in [2.45, 2.75) is 52.6 Å². The first-order valence-corrected chi connectivity index (χ1v) is 4.87. The largest absolute Gasteiger partial charge is 0.298 e. The van der Waals surface area contributed by atoms with Gasteiger partial charge in [0.15, 0.2) is 0 Å². The van der Waals surface area contributed by atoms with Gasteiger partial charge in [0.25, 0.3) is 0 Å². The molecule has 0 spiro atoms. The van der Waals surface area contributed by atoms with Gasteiger partial charge in [0, 0.05) is 18.6 Å². The number of hydrogen-bond acceptors (Lipinski definition) is 1. The minimum Gasteiger partial charge on any atom is -0.298 e. The summed E-state index contributed by atoms with van der Waals surface area (Å²) in [5.41, 5.74) is 0. The van der Waals surface area contributed by atoms with Crippen LogP contribution < -0.4 is 0 Å². The van der Waals surface area contributed by atoms with Gasteiger partial charge in [0.1, 0.15) is 0 Å². The predicted molar refractivity (Wildman–Crippen MR) is 49.7 cm³/mol. The number of piperidine rings is 1. The SMILES string of the molecule is CC(C)N1C[C@H](C)CCC1C. The van der Waals surface area contributed by atoms with Crippen LogP contribution in [-0.2, 0) is 0 Å². The summed E-state index contributed by atoms with van der Waals surface area (Å²) >= 11 is 0. The molecule has 66 valence electrons. The molecule has 11 heavy (non-hydrogen) atoms. The van der Waals surface area contributed by atoms with E-state index in [0.29, 0.717) is 0 Å². The number of nitrogens with zero attached hydrogens (tertiary/aromatic N) is 1. The minimum absolute atomic E-state index is 0.729. The molecule has 2 atom stereocenters. The van der Waals surface area contributed by atoms with Crippen LogP contribution in [0.4, 0.5) is 0 Å². The van der Waals surface area contributed by atoms with Gasteiger partial charge in [0.2, 0.25) is 0 Å². The third-order valence-electron chi connectivity index (χ3n) is 2.83. The molecule has 0 aromatic carbocycles. The summed E-state index contributed by atoms with van der Waals surface area (Å²) in [5, 5.41) is 0. The van der Waals surface area contributed by atoms with Gasteiger partial charge in [-0.3, -0.25) is 4.90 Å². The highest BCUT2D eigenvalue weighted by Gasteiger charge is 2.24. The van der Waals surface area contributed by atoms with Crippen LogP contribution in [0, 0.1) is 5.92 Å². The average molecular weight is 155 g/mol. The highest BCUT2D eigenvalue weighted by atomic mass is 15.2. The van der Waals surface area contributed by atoms with E-state index >= 15 is 0 Å². The lowest BCUT2D eigenvalue weighted by molar-refractivity contribution is 0.0925. The van der Waals surface area contributed by atoms with Crippen molar-refractivity contribution in [3.8, 4) is 0 Å². The first-order chi connectivity index (χ1) is 5.11. The fraction of sp³-hybridized carbons (Fsp3) is 1.00. The smallest absolute Gasteiger partial charge is 0.00698 e. The van der Waals surface area contributed by atoms with Crippen molar-refractivity contribution in [2.24, 2.45) is 5.92 Å². The molecule has 0 aromatic rings. The Kier molecular flexibility index (Phi) is 2.94. The lowest BCUT2D eigenvalue weighted by atomic mass is 9.94. The molecule has 0 aromatic heterocycles. The van der Waals surface area contributed by atoms with E-state index in [0.717, 1.165) is 18.0 Å². The van der Waals surface area contributed by atoms with Crippen molar-refractivity contribution in [3.63, 3.8) is 0 Å². The average Bonchev–Trinajstić information content (AvgIpc) is 1.94. The number of likely N-dealkylation sites (tertiary alicyclic amines) is 1. The molecule has 0 N–H and O–H groups in total. The third kappa shape index (κ3) is 2.19. The summed E-state index contributed by atoms with van der Waals surface area (Å²) in [6.07, 6.45) is 2.81. The molecular weight excluding hydrogens is 134 g/mol. The quantitative estimate of drug-likeness (QED) is 0.562. The molecule has 1 heteroatoms. The molecule has 1 nitrogen and oxygen atoms in total. The highest BCUT2D eigenvalue weighted by molar-refractivity contribution is 4.78. The van der Waals surface area contributed by atoms with E-state index in [-0.39, 0.29) is 0 Å². The minimum atomic E-state index is 0.729. The van der Waals surface area contributed by atoms with Crippen LogP contribution in [0.25, 0.3) is 0 Å². The Hall–Kier alpha value is -0.0400. The van der Waals surface area contributed by atoms with Crippen molar-refractivity contribution in [3.05, 3.63) is 0 Å². The van der Waals surface area contributed by atoms with E-state index in [4.69, 9.17) is 0 Å². The maximum Gasteiger partial charge on any atom is 0.00698 e. The van der Waals surface area contributed by atoms with E-state index in [2.05, 4.69) is 32.6 Å². The Bertz CT molecular complexity index is 120. The Morgan fingerprint density at radius 2 is 1.82 bits per heavy atom. The zero-order chi connectivity index (χ0) is 8.43. The lowest BCUT2D eigenvalue weighted by Gasteiger charge is -2.39. The van der Waals surface area contributed by atoms with Gasteiger partial charge in [-0.15, -0.1) is 0 Å². The molecule has 0 aliphatic carbocycles. The Balaban J connectivity index is 2.47. The summed E-state index contributed by atoms with van der Waals surface area (Å²) in [4.78, 5) is 2.62. The van der Waals surface area contributed by atoms with Crippen molar-refractivity contribution in [2.75, 3.05) is 6.54 Å². The topological polar surface area (TPSA) is 3.24 Å². The van der Waals surface area contributed by atoms with E-state index < -0.39 is 0 Å². The van der Waals surface area contributed by atoms with Gasteiger partial charge in [-0.2, -0.15) is 0 Å². The first kappa shape index (κ1) is 9.05. The van der Waals surface area contributed by atoms with Crippen LogP contribution in [0.3, 0.4) is 0 Å². The van der Waals surface area contributed by atoms with Crippen LogP contribution in [-0.4, -0.2) is 23.5 Å². The highest BCUT2D eigenvalue weighted by Crippen LogP contribution is 2.22. The Morgan fingerprint density at radius 3 is 2.27 bits per heavy atom. The summed E-state index contributed by atoms with van der Waals surface area (Å²) in [5.74, 6) is 0.911. The molecule has 1 saturated heterocycles. The molecule has 1 fully saturated rings. The predicted octanol–water partition coefficient (Wildman–Crippen LogP) is 2.52. The van der Waals surface area contributed by atoms with E-state index in [1.807, 2.05) is 0 Å². The maximum absolute atomic E-state index is 2.62. The monoisotopic (exact) mass is 155 g/mol. The number of hydrogen-bond donors (Lipinski definition) is 0.